The van der Waals surface area contributed by atoms with E-state index in [1.807, 2.05) is 17.7 Å². The van der Waals surface area contributed by atoms with Crippen LogP contribution in [-0.2, 0) is 13.6 Å². The van der Waals surface area contributed by atoms with Crippen molar-refractivity contribution in [2.24, 2.45) is 18.0 Å². The van der Waals surface area contributed by atoms with Crippen LogP contribution >= 0.6 is 47.2 Å². The number of guanidine groups is 1. The number of aliphatic imine (C=N–C) groups is 1. The summed E-state index contributed by atoms with van der Waals surface area (Å²) in [5.74, 6) is 1.38. The highest BCUT2D eigenvalue weighted by molar-refractivity contribution is 14.0. The van der Waals surface area contributed by atoms with E-state index in [-0.39, 0.29) is 24.0 Å². The number of halogens is 3. The van der Waals surface area contributed by atoms with Crippen molar-refractivity contribution in [1.29, 1.82) is 0 Å². The smallest absolute Gasteiger partial charge is 0.191 e. The van der Waals surface area contributed by atoms with E-state index in [9.17, 15) is 0 Å². The monoisotopic (exact) mass is 501 g/mol. The molecule has 0 saturated carbocycles. The van der Waals surface area contributed by atoms with Crippen molar-refractivity contribution in [2.45, 2.75) is 32.7 Å². The number of hydrogen-bond acceptors (Lipinski definition) is 2. The van der Waals surface area contributed by atoms with E-state index < -0.39 is 0 Å². The molecule has 1 atom stereocenters. The van der Waals surface area contributed by atoms with Gasteiger partial charge in [0, 0.05) is 32.9 Å². The Kier molecular flexibility index (Phi) is 10.5. The zero-order valence-corrected chi connectivity index (χ0v) is 19.2. The van der Waals surface area contributed by atoms with Gasteiger partial charge < -0.3 is 20.1 Å². The summed E-state index contributed by atoms with van der Waals surface area (Å²) in [7, 11) is 3.69. The number of aromatic nitrogens is 1. The highest BCUT2D eigenvalue weighted by Gasteiger charge is 2.14. The number of rotatable bonds is 6. The van der Waals surface area contributed by atoms with E-state index in [4.69, 9.17) is 23.2 Å². The van der Waals surface area contributed by atoms with Crippen LogP contribution < -0.4 is 10.6 Å². The summed E-state index contributed by atoms with van der Waals surface area (Å²) >= 11 is 12.1. The molecule has 1 aromatic heterocycles. The fraction of sp³-hybridized carbons (Fsp3) is 0.706. The summed E-state index contributed by atoms with van der Waals surface area (Å²) in [4.78, 5) is 6.86. The first-order valence-corrected chi connectivity index (χ1v) is 9.43. The molecule has 0 bridgehead atoms. The van der Waals surface area contributed by atoms with Gasteiger partial charge in [-0.2, -0.15) is 0 Å². The Bertz CT molecular complexity index is 555. The van der Waals surface area contributed by atoms with Gasteiger partial charge in [-0.05, 0) is 37.9 Å². The second-order valence-electron chi connectivity index (χ2n) is 6.61. The molecule has 1 saturated heterocycles. The third-order valence-electron chi connectivity index (χ3n) is 4.51. The molecule has 0 radical (unpaired) electrons. The molecule has 25 heavy (non-hydrogen) atoms. The normalized spacial score (nSPS) is 17.1. The minimum absolute atomic E-state index is 0. The first-order chi connectivity index (χ1) is 11.5. The molecule has 0 spiro atoms. The molecule has 2 N–H and O–H groups in total. The molecular formula is C17H30Cl2IN5. The van der Waals surface area contributed by atoms with Crippen molar-refractivity contribution in [3.8, 4) is 0 Å². The Hall–Kier alpha value is -0.180. The second-order valence-corrected chi connectivity index (χ2v) is 7.37. The summed E-state index contributed by atoms with van der Waals surface area (Å²) in [5, 5.41) is 7.86. The minimum atomic E-state index is 0. The second kappa shape index (κ2) is 11.5. The zero-order chi connectivity index (χ0) is 17.5. The molecular weight excluding hydrogens is 472 g/mol. The molecule has 1 aromatic rings. The minimum Gasteiger partial charge on any atom is -0.356 e. The SMILES string of the molecule is CN=C(NCc1cc(Cl)c(Cl)n1C)NCC(C)CN1CCCCC1.I. The average molecular weight is 502 g/mol. The van der Waals surface area contributed by atoms with Gasteiger partial charge in [-0.1, -0.05) is 36.5 Å². The van der Waals surface area contributed by atoms with Crippen molar-refractivity contribution >= 4 is 53.1 Å². The van der Waals surface area contributed by atoms with E-state index in [0.29, 0.717) is 22.6 Å². The van der Waals surface area contributed by atoms with E-state index in [0.717, 1.165) is 24.7 Å². The molecule has 1 aliphatic heterocycles. The maximum absolute atomic E-state index is 6.10. The van der Waals surface area contributed by atoms with Gasteiger partial charge in [0.2, 0.25) is 0 Å². The standard InChI is InChI=1S/C17H29Cl2N5.HI/c1-13(12-24-7-5-4-6-8-24)10-21-17(20-2)22-11-14-9-15(18)16(19)23(14)3;/h9,13H,4-8,10-12H2,1-3H3,(H2,20,21,22);1H. The Morgan fingerprint density at radius 3 is 2.48 bits per heavy atom. The van der Waals surface area contributed by atoms with Crippen LogP contribution in [0.15, 0.2) is 11.1 Å². The predicted molar refractivity (Wildman–Crippen MR) is 119 cm³/mol. The molecule has 2 rings (SSSR count). The summed E-state index contributed by atoms with van der Waals surface area (Å²) < 4.78 is 1.88. The Morgan fingerprint density at radius 2 is 1.92 bits per heavy atom. The summed E-state index contributed by atoms with van der Waals surface area (Å²) in [6, 6.07) is 1.88. The van der Waals surface area contributed by atoms with Crippen molar-refractivity contribution < 1.29 is 0 Å². The van der Waals surface area contributed by atoms with Crippen LogP contribution in [0, 0.1) is 5.92 Å². The molecule has 144 valence electrons. The van der Waals surface area contributed by atoms with E-state index in [1.54, 1.807) is 7.05 Å². The lowest BCUT2D eigenvalue weighted by atomic mass is 10.1. The Labute approximate surface area is 178 Å². The largest absolute Gasteiger partial charge is 0.356 e. The third kappa shape index (κ3) is 7.15. The van der Waals surface area contributed by atoms with E-state index in [2.05, 4.69) is 27.4 Å². The van der Waals surface area contributed by atoms with Gasteiger partial charge >= 0.3 is 0 Å². The van der Waals surface area contributed by atoms with E-state index in [1.165, 1.54) is 32.4 Å². The highest BCUT2D eigenvalue weighted by atomic mass is 127. The zero-order valence-electron chi connectivity index (χ0n) is 15.3. The fourth-order valence-corrected chi connectivity index (χ4v) is 3.49. The molecule has 1 fully saturated rings. The fourth-order valence-electron chi connectivity index (χ4n) is 3.07. The van der Waals surface area contributed by atoms with Gasteiger partial charge in [-0.3, -0.25) is 4.99 Å². The van der Waals surface area contributed by atoms with Crippen LogP contribution in [0.4, 0.5) is 0 Å². The highest BCUT2D eigenvalue weighted by Crippen LogP contribution is 2.24. The van der Waals surface area contributed by atoms with Crippen molar-refractivity contribution in [3.05, 3.63) is 21.9 Å². The number of hydrogen-bond donors (Lipinski definition) is 2. The lowest BCUT2D eigenvalue weighted by Crippen LogP contribution is -2.42. The molecule has 0 amide bonds. The maximum atomic E-state index is 6.10. The van der Waals surface area contributed by atoms with Crippen LogP contribution in [0.3, 0.4) is 0 Å². The number of likely N-dealkylation sites (tertiary alicyclic amines) is 1. The molecule has 1 unspecified atom stereocenters. The number of piperidine rings is 1. The first kappa shape index (κ1) is 22.9. The quantitative estimate of drug-likeness (QED) is 0.354. The molecule has 5 nitrogen and oxygen atoms in total. The molecule has 0 aliphatic carbocycles. The first-order valence-electron chi connectivity index (χ1n) is 8.67. The Balaban J connectivity index is 0.00000312. The van der Waals surface area contributed by atoms with Gasteiger partial charge in [0.05, 0.1) is 11.6 Å². The lowest BCUT2D eigenvalue weighted by molar-refractivity contribution is 0.201. The molecule has 2 heterocycles. The van der Waals surface area contributed by atoms with Crippen LogP contribution in [0.2, 0.25) is 10.2 Å². The van der Waals surface area contributed by atoms with Gasteiger partial charge in [-0.25, -0.2) is 0 Å². The van der Waals surface area contributed by atoms with Gasteiger partial charge in [0.15, 0.2) is 5.96 Å². The van der Waals surface area contributed by atoms with Crippen molar-refractivity contribution in [2.75, 3.05) is 33.2 Å². The maximum Gasteiger partial charge on any atom is 0.191 e. The Morgan fingerprint density at radius 1 is 1.24 bits per heavy atom. The van der Waals surface area contributed by atoms with Crippen LogP contribution in [-0.4, -0.2) is 48.7 Å². The molecule has 0 aromatic carbocycles. The predicted octanol–water partition coefficient (Wildman–Crippen LogP) is 3.74. The summed E-state index contributed by atoms with van der Waals surface area (Å²) in [5.41, 5.74) is 1.02. The topological polar surface area (TPSA) is 44.6 Å². The van der Waals surface area contributed by atoms with Crippen molar-refractivity contribution in [3.63, 3.8) is 0 Å². The third-order valence-corrected chi connectivity index (χ3v) is 5.35. The average Bonchev–Trinajstić information content (AvgIpc) is 2.83. The summed E-state index contributed by atoms with van der Waals surface area (Å²) in [6.07, 6.45) is 4.06. The van der Waals surface area contributed by atoms with Crippen molar-refractivity contribution in [1.82, 2.24) is 20.1 Å². The van der Waals surface area contributed by atoms with Gasteiger partial charge in [0.25, 0.3) is 0 Å². The van der Waals surface area contributed by atoms with Crippen LogP contribution in [0.1, 0.15) is 31.9 Å². The van der Waals surface area contributed by atoms with Gasteiger partial charge in [-0.15, -0.1) is 24.0 Å². The molecule has 1 aliphatic rings. The van der Waals surface area contributed by atoms with Crippen LogP contribution in [0.5, 0.6) is 0 Å². The number of nitrogens with zero attached hydrogens (tertiary/aromatic N) is 3. The lowest BCUT2D eigenvalue weighted by Gasteiger charge is -2.29. The van der Waals surface area contributed by atoms with Crippen LogP contribution in [0.25, 0.3) is 0 Å². The number of nitrogens with one attached hydrogen (secondary N) is 2. The summed E-state index contributed by atoms with van der Waals surface area (Å²) in [6.45, 7) is 7.45. The van der Waals surface area contributed by atoms with Gasteiger partial charge in [0.1, 0.15) is 5.15 Å². The molecule has 8 heteroatoms. The van der Waals surface area contributed by atoms with E-state index >= 15 is 0 Å².